The van der Waals surface area contributed by atoms with Gasteiger partial charge in [0.2, 0.25) is 0 Å². The van der Waals surface area contributed by atoms with Crippen LogP contribution in [0.3, 0.4) is 0 Å². The van der Waals surface area contributed by atoms with Gasteiger partial charge in [-0.3, -0.25) is 4.79 Å². The second kappa shape index (κ2) is 13.3. The van der Waals surface area contributed by atoms with E-state index in [1.54, 1.807) is 0 Å². The Morgan fingerprint density at radius 2 is 1.65 bits per heavy atom. The van der Waals surface area contributed by atoms with Crippen LogP contribution < -0.4 is 0 Å². The van der Waals surface area contributed by atoms with Gasteiger partial charge < -0.3 is 19.6 Å². The monoisotopic (exact) mass is 288 g/mol. The van der Waals surface area contributed by atoms with E-state index in [1.807, 2.05) is 0 Å². The zero-order valence-electron chi connectivity index (χ0n) is 13.4. The molecule has 20 heavy (non-hydrogen) atoms. The van der Waals surface area contributed by atoms with E-state index in [0.717, 1.165) is 58.5 Å². The van der Waals surface area contributed by atoms with E-state index in [4.69, 9.17) is 9.84 Å². The average Bonchev–Trinajstić information content (AvgIpc) is 2.38. The van der Waals surface area contributed by atoms with Crippen molar-refractivity contribution < 1.29 is 14.6 Å². The number of aliphatic carboxylic acids is 1. The standard InChI is InChI=1S/C15H32N2O3/c1-4-5-13-20-14-7-11-17(12-8-15(18)19)10-6-9-16(2)3/h4-14H2,1-3H3,(H,18,19). The molecule has 0 bridgehead atoms. The summed E-state index contributed by atoms with van der Waals surface area (Å²) in [4.78, 5) is 15.1. The molecule has 0 heterocycles. The lowest BCUT2D eigenvalue weighted by molar-refractivity contribution is -0.137. The molecule has 0 fully saturated rings. The number of nitrogens with zero attached hydrogens (tertiary/aromatic N) is 2. The molecule has 0 saturated heterocycles. The molecule has 0 aromatic carbocycles. The first-order valence-electron chi connectivity index (χ1n) is 7.73. The Morgan fingerprint density at radius 1 is 1.00 bits per heavy atom. The highest BCUT2D eigenvalue weighted by molar-refractivity contribution is 5.66. The lowest BCUT2D eigenvalue weighted by Gasteiger charge is -2.22. The fraction of sp³-hybridized carbons (Fsp3) is 0.933. The van der Waals surface area contributed by atoms with Crippen LogP contribution in [0.15, 0.2) is 0 Å². The van der Waals surface area contributed by atoms with Gasteiger partial charge in [0.05, 0.1) is 6.42 Å². The van der Waals surface area contributed by atoms with Crippen molar-refractivity contribution in [3.8, 4) is 0 Å². The van der Waals surface area contributed by atoms with Crippen LogP contribution in [0.25, 0.3) is 0 Å². The van der Waals surface area contributed by atoms with Crippen LogP contribution in [0.5, 0.6) is 0 Å². The zero-order valence-corrected chi connectivity index (χ0v) is 13.4. The molecule has 5 heteroatoms. The molecule has 0 aliphatic rings. The van der Waals surface area contributed by atoms with Gasteiger partial charge in [0, 0.05) is 26.3 Å². The minimum atomic E-state index is -0.721. The number of hydrogen-bond donors (Lipinski definition) is 1. The third-order valence-electron chi connectivity index (χ3n) is 3.13. The lowest BCUT2D eigenvalue weighted by atomic mass is 10.3. The summed E-state index contributed by atoms with van der Waals surface area (Å²) in [5, 5.41) is 8.79. The van der Waals surface area contributed by atoms with Crippen LogP contribution in [0.4, 0.5) is 0 Å². The Hall–Kier alpha value is -0.650. The largest absolute Gasteiger partial charge is 0.481 e. The Labute approximate surface area is 123 Å². The van der Waals surface area contributed by atoms with Gasteiger partial charge in [0.15, 0.2) is 0 Å². The number of carboxylic acids is 1. The van der Waals surface area contributed by atoms with Gasteiger partial charge in [-0.1, -0.05) is 13.3 Å². The quantitative estimate of drug-likeness (QED) is 0.495. The molecule has 0 saturated carbocycles. The van der Waals surface area contributed by atoms with Crippen LogP contribution in [0, 0.1) is 0 Å². The molecular formula is C15H32N2O3. The van der Waals surface area contributed by atoms with Crippen molar-refractivity contribution in [3.63, 3.8) is 0 Å². The van der Waals surface area contributed by atoms with Gasteiger partial charge in [0.25, 0.3) is 0 Å². The van der Waals surface area contributed by atoms with E-state index in [-0.39, 0.29) is 6.42 Å². The molecule has 1 N–H and O–H groups in total. The van der Waals surface area contributed by atoms with Crippen LogP contribution in [0.1, 0.15) is 39.0 Å². The van der Waals surface area contributed by atoms with Crippen LogP contribution in [-0.4, -0.2) is 74.4 Å². The van der Waals surface area contributed by atoms with E-state index in [9.17, 15) is 4.79 Å². The summed E-state index contributed by atoms with van der Waals surface area (Å²) in [6.45, 7) is 7.33. The summed E-state index contributed by atoms with van der Waals surface area (Å²) in [6.07, 6.45) is 4.55. The number of rotatable bonds is 14. The minimum absolute atomic E-state index is 0.221. The molecule has 120 valence electrons. The van der Waals surface area contributed by atoms with Gasteiger partial charge in [-0.25, -0.2) is 0 Å². The van der Waals surface area contributed by atoms with Crippen LogP contribution in [0.2, 0.25) is 0 Å². The number of carbonyl (C=O) groups is 1. The SMILES string of the molecule is CCCCOCCCN(CCCN(C)C)CCC(=O)O. The maximum Gasteiger partial charge on any atom is 0.304 e. The Balaban J connectivity index is 3.76. The summed E-state index contributed by atoms with van der Waals surface area (Å²) in [6, 6.07) is 0. The fourth-order valence-electron chi connectivity index (χ4n) is 1.94. The smallest absolute Gasteiger partial charge is 0.304 e. The molecule has 0 aromatic heterocycles. The third-order valence-corrected chi connectivity index (χ3v) is 3.13. The van der Waals surface area contributed by atoms with Crippen molar-refractivity contribution >= 4 is 5.97 Å². The number of hydrogen-bond acceptors (Lipinski definition) is 4. The molecule has 0 atom stereocenters. The van der Waals surface area contributed by atoms with Gasteiger partial charge in [-0.15, -0.1) is 0 Å². The van der Waals surface area contributed by atoms with Crippen molar-refractivity contribution in [2.75, 3.05) is 53.5 Å². The van der Waals surface area contributed by atoms with Crippen molar-refractivity contribution in [2.24, 2.45) is 0 Å². The van der Waals surface area contributed by atoms with E-state index in [0.29, 0.717) is 6.54 Å². The van der Waals surface area contributed by atoms with E-state index in [2.05, 4.69) is 30.8 Å². The van der Waals surface area contributed by atoms with E-state index in [1.165, 1.54) is 0 Å². The first-order chi connectivity index (χ1) is 9.56. The zero-order chi connectivity index (χ0) is 15.2. The second-order valence-electron chi connectivity index (χ2n) is 5.46. The maximum atomic E-state index is 10.7. The molecule has 0 spiro atoms. The number of unbranched alkanes of at least 4 members (excludes halogenated alkanes) is 1. The highest BCUT2D eigenvalue weighted by Gasteiger charge is 2.07. The highest BCUT2D eigenvalue weighted by atomic mass is 16.5. The third kappa shape index (κ3) is 13.8. The fourth-order valence-corrected chi connectivity index (χ4v) is 1.94. The van der Waals surface area contributed by atoms with Gasteiger partial charge in [-0.2, -0.15) is 0 Å². The van der Waals surface area contributed by atoms with Crippen molar-refractivity contribution in [2.45, 2.75) is 39.0 Å². The Kier molecular flexibility index (Phi) is 12.9. The Bertz CT molecular complexity index is 235. The second-order valence-corrected chi connectivity index (χ2v) is 5.46. The van der Waals surface area contributed by atoms with Gasteiger partial charge in [0.1, 0.15) is 0 Å². The molecule has 0 radical (unpaired) electrons. The van der Waals surface area contributed by atoms with Gasteiger partial charge >= 0.3 is 5.97 Å². The molecule has 0 unspecified atom stereocenters. The van der Waals surface area contributed by atoms with Crippen molar-refractivity contribution in [1.29, 1.82) is 0 Å². The van der Waals surface area contributed by atoms with Crippen LogP contribution >= 0.6 is 0 Å². The van der Waals surface area contributed by atoms with E-state index >= 15 is 0 Å². The summed E-state index contributed by atoms with van der Waals surface area (Å²) in [5.74, 6) is -0.721. The first-order valence-corrected chi connectivity index (χ1v) is 7.73. The predicted molar refractivity (Wildman–Crippen MR) is 82.2 cm³/mol. The molecular weight excluding hydrogens is 256 g/mol. The molecule has 0 aliphatic heterocycles. The predicted octanol–water partition coefficient (Wildman–Crippen LogP) is 1.92. The normalized spacial score (nSPS) is 11.4. The summed E-state index contributed by atoms with van der Waals surface area (Å²) in [7, 11) is 4.12. The Morgan fingerprint density at radius 3 is 2.25 bits per heavy atom. The van der Waals surface area contributed by atoms with Crippen molar-refractivity contribution in [3.05, 3.63) is 0 Å². The topological polar surface area (TPSA) is 53.0 Å². The van der Waals surface area contributed by atoms with E-state index < -0.39 is 5.97 Å². The number of ether oxygens (including phenoxy) is 1. The maximum absolute atomic E-state index is 10.7. The molecule has 0 aliphatic carbocycles. The van der Waals surface area contributed by atoms with Crippen LogP contribution in [-0.2, 0) is 9.53 Å². The number of carboxylic acid groups (broad SMARTS) is 1. The molecule has 0 aromatic rings. The van der Waals surface area contributed by atoms with Gasteiger partial charge in [-0.05, 0) is 46.4 Å². The molecule has 0 amide bonds. The summed E-state index contributed by atoms with van der Waals surface area (Å²) in [5.41, 5.74) is 0. The molecule has 0 rings (SSSR count). The van der Waals surface area contributed by atoms with Crippen molar-refractivity contribution in [1.82, 2.24) is 9.80 Å². The average molecular weight is 288 g/mol. The summed E-state index contributed by atoms with van der Waals surface area (Å²) >= 11 is 0. The first kappa shape index (κ1) is 19.4. The molecule has 5 nitrogen and oxygen atoms in total. The highest BCUT2D eigenvalue weighted by Crippen LogP contribution is 1.99. The minimum Gasteiger partial charge on any atom is -0.481 e. The lowest BCUT2D eigenvalue weighted by Crippen LogP contribution is -2.31. The summed E-state index contributed by atoms with van der Waals surface area (Å²) < 4.78 is 5.54.